The fraction of sp³-hybridized carbons (Fsp3) is 0.688. The third kappa shape index (κ3) is 3.87. The van der Waals surface area contributed by atoms with Crippen LogP contribution in [0, 0.1) is 5.92 Å². The molecule has 1 aliphatic heterocycles. The van der Waals surface area contributed by atoms with Gasteiger partial charge in [0.2, 0.25) is 0 Å². The first-order chi connectivity index (χ1) is 11.1. The van der Waals surface area contributed by atoms with Crippen molar-refractivity contribution in [3.8, 4) is 0 Å². The topological polar surface area (TPSA) is 93.9 Å². The minimum atomic E-state index is -0.960. The van der Waals surface area contributed by atoms with E-state index in [1.807, 2.05) is 13.8 Å². The van der Waals surface area contributed by atoms with Crippen LogP contribution in [0.4, 0.5) is 4.79 Å². The third-order valence-electron chi connectivity index (χ3n) is 3.70. The number of carbonyl (C=O) groups is 2. The highest BCUT2D eigenvalue weighted by molar-refractivity contribution is 5.72. The van der Waals surface area contributed by atoms with Crippen LogP contribution in [0.3, 0.4) is 0 Å². The van der Waals surface area contributed by atoms with Crippen molar-refractivity contribution < 1.29 is 24.2 Å². The van der Waals surface area contributed by atoms with Crippen LogP contribution in [-0.2, 0) is 14.3 Å². The van der Waals surface area contributed by atoms with E-state index in [-0.39, 0.29) is 19.3 Å². The number of amides is 1. The molecular weight excluding hydrogens is 314 g/mol. The van der Waals surface area contributed by atoms with Gasteiger partial charge in [-0.2, -0.15) is 5.10 Å². The van der Waals surface area contributed by atoms with Gasteiger partial charge in [0.25, 0.3) is 0 Å². The molecule has 0 unspecified atom stereocenters. The van der Waals surface area contributed by atoms with Gasteiger partial charge in [-0.15, -0.1) is 0 Å². The zero-order chi connectivity index (χ0) is 18.1. The average Bonchev–Trinajstić information content (AvgIpc) is 3.03. The first-order valence-electron chi connectivity index (χ1n) is 7.95. The Morgan fingerprint density at radius 2 is 2.08 bits per heavy atom. The molecule has 2 rings (SSSR count). The van der Waals surface area contributed by atoms with Gasteiger partial charge in [-0.1, -0.05) is 13.8 Å². The molecule has 24 heavy (non-hydrogen) atoms. The summed E-state index contributed by atoms with van der Waals surface area (Å²) in [6.07, 6.45) is 1.05. The number of rotatable bonds is 4. The van der Waals surface area contributed by atoms with Gasteiger partial charge < -0.3 is 14.6 Å². The number of aromatic nitrogens is 2. The Kier molecular flexibility index (Phi) is 5.17. The van der Waals surface area contributed by atoms with Crippen LogP contribution in [0.1, 0.15) is 52.4 Å². The van der Waals surface area contributed by atoms with Crippen molar-refractivity contribution in [2.24, 2.45) is 5.92 Å². The minimum absolute atomic E-state index is 0.101. The molecule has 0 radical (unpaired) electrons. The highest BCUT2D eigenvalue weighted by Crippen LogP contribution is 2.31. The number of aliphatic carboxylic acids is 1. The zero-order valence-electron chi connectivity index (χ0n) is 14.7. The molecule has 1 N–H and O–H groups in total. The largest absolute Gasteiger partial charge is 0.480 e. The summed E-state index contributed by atoms with van der Waals surface area (Å²) in [5, 5.41) is 13.7. The second-order valence-corrected chi connectivity index (χ2v) is 7.19. The molecule has 0 aliphatic carbocycles. The van der Waals surface area contributed by atoms with Gasteiger partial charge in [-0.25, -0.2) is 9.59 Å². The second-order valence-electron chi connectivity index (χ2n) is 7.19. The maximum atomic E-state index is 12.4. The van der Waals surface area contributed by atoms with Crippen molar-refractivity contribution in [2.45, 2.75) is 52.3 Å². The van der Waals surface area contributed by atoms with Crippen molar-refractivity contribution in [3.05, 3.63) is 18.0 Å². The highest BCUT2D eigenvalue weighted by atomic mass is 16.6. The summed E-state index contributed by atoms with van der Waals surface area (Å²) in [4.78, 5) is 25.5. The first-order valence-corrected chi connectivity index (χ1v) is 7.95. The van der Waals surface area contributed by atoms with Gasteiger partial charge in [0, 0.05) is 6.20 Å². The van der Waals surface area contributed by atoms with Crippen LogP contribution in [0.15, 0.2) is 12.3 Å². The standard InChI is InChI=1S/C16H25N3O5/c1-10(2)13(14(20)21)19-11(6-7-17-19)12-8-23-9-18(12)15(22)24-16(3,4)5/h6-7,10,12-13H,8-9H2,1-5H3,(H,20,21)/t12-,13-/m0/s1. The molecular formula is C16H25N3O5. The third-order valence-corrected chi connectivity index (χ3v) is 3.70. The quantitative estimate of drug-likeness (QED) is 0.905. The predicted molar refractivity (Wildman–Crippen MR) is 85.4 cm³/mol. The lowest BCUT2D eigenvalue weighted by atomic mass is 10.0. The molecule has 0 spiro atoms. The van der Waals surface area contributed by atoms with E-state index >= 15 is 0 Å². The number of carbonyl (C=O) groups excluding carboxylic acids is 1. The van der Waals surface area contributed by atoms with Crippen molar-refractivity contribution in [2.75, 3.05) is 13.3 Å². The summed E-state index contributed by atoms with van der Waals surface area (Å²) in [5.74, 6) is -1.11. The maximum absolute atomic E-state index is 12.4. The van der Waals surface area contributed by atoms with E-state index in [1.54, 1.807) is 33.0 Å². The van der Waals surface area contributed by atoms with E-state index in [2.05, 4.69) is 5.10 Å². The summed E-state index contributed by atoms with van der Waals surface area (Å²) in [6, 6.07) is 0.480. The second kappa shape index (κ2) is 6.80. The summed E-state index contributed by atoms with van der Waals surface area (Å²) < 4.78 is 12.3. The Morgan fingerprint density at radius 1 is 1.42 bits per heavy atom. The number of nitrogens with zero attached hydrogens (tertiary/aromatic N) is 3. The molecule has 1 saturated heterocycles. The minimum Gasteiger partial charge on any atom is -0.480 e. The van der Waals surface area contributed by atoms with Crippen LogP contribution in [0.25, 0.3) is 0 Å². The highest BCUT2D eigenvalue weighted by Gasteiger charge is 2.38. The van der Waals surface area contributed by atoms with Gasteiger partial charge in [0.1, 0.15) is 18.4 Å². The van der Waals surface area contributed by atoms with Gasteiger partial charge in [-0.05, 0) is 32.8 Å². The lowest BCUT2D eigenvalue weighted by Gasteiger charge is -2.28. The molecule has 1 amide bonds. The Morgan fingerprint density at radius 3 is 2.62 bits per heavy atom. The number of hydrogen-bond donors (Lipinski definition) is 1. The van der Waals surface area contributed by atoms with Crippen LogP contribution in [0.2, 0.25) is 0 Å². The van der Waals surface area contributed by atoms with Gasteiger partial charge in [-0.3, -0.25) is 9.58 Å². The van der Waals surface area contributed by atoms with E-state index in [1.165, 1.54) is 9.58 Å². The van der Waals surface area contributed by atoms with Crippen LogP contribution in [-0.4, -0.2) is 50.8 Å². The lowest BCUT2D eigenvalue weighted by Crippen LogP contribution is -2.38. The SMILES string of the molecule is CC(C)[C@@H](C(=O)O)n1nccc1[C@@H]1COCN1C(=O)OC(C)(C)C. The Bertz CT molecular complexity index is 605. The number of carboxylic acids is 1. The van der Waals surface area contributed by atoms with E-state index in [0.717, 1.165) is 0 Å². The predicted octanol–water partition coefficient (Wildman–Crippen LogP) is 2.43. The maximum Gasteiger partial charge on any atom is 0.412 e. The lowest BCUT2D eigenvalue weighted by molar-refractivity contribution is -0.142. The van der Waals surface area contributed by atoms with Crippen molar-refractivity contribution in [1.82, 2.24) is 14.7 Å². The van der Waals surface area contributed by atoms with E-state index in [9.17, 15) is 14.7 Å². The van der Waals surface area contributed by atoms with E-state index in [0.29, 0.717) is 5.69 Å². The Labute approximate surface area is 141 Å². The summed E-state index contributed by atoms with van der Waals surface area (Å²) in [7, 11) is 0. The molecule has 8 heteroatoms. The van der Waals surface area contributed by atoms with Crippen molar-refractivity contribution in [1.29, 1.82) is 0 Å². The van der Waals surface area contributed by atoms with Gasteiger partial charge in [0.15, 0.2) is 6.04 Å². The molecule has 1 aromatic heterocycles. The van der Waals surface area contributed by atoms with E-state index < -0.39 is 29.7 Å². The van der Waals surface area contributed by atoms with Crippen LogP contribution in [0.5, 0.6) is 0 Å². The molecule has 134 valence electrons. The molecule has 8 nitrogen and oxygen atoms in total. The molecule has 0 saturated carbocycles. The Balaban J connectivity index is 2.30. The molecule has 0 aromatic carbocycles. The van der Waals surface area contributed by atoms with Crippen molar-refractivity contribution in [3.63, 3.8) is 0 Å². The van der Waals surface area contributed by atoms with Crippen molar-refractivity contribution >= 4 is 12.1 Å². The molecule has 1 aromatic rings. The van der Waals surface area contributed by atoms with Crippen LogP contribution < -0.4 is 0 Å². The molecule has 1 fully saturated rings. The zero-order valence-corrected chi connectivity index (χ0v) is 14.7. The smallest absolute Gasteiger partial charge is 0.412 e. The molecule has 2 heterocycles. The average molecular weight is 339 g/mol. The fourth-order valence-electron chi connectivity index (χ4n) is 2.68. The molecule has 2 atom stereocenters. The number of hydrogen-bond acceptors (Lipinski definition) is 5. The van der Waals surface area contributed by atoms with E-state index in [4.69, 9.17) is 9.47 Å². The normalized spacial score (nSPS) is 19.6. The monoisotopic (exact) mass is 339 g/mol. The molecule has 1 aliphatic rings. The summed E-state index contributed by atoms with van der Waals surface area (Å²) >= 11 is 0. The van der Waals surface area contributed by atoms with Crippen LogP contribution >= 0.6 is 0 Å². The number of carboxylic acid groups (broad SMARTS) is 1. The molecule has 0 bridgehead atoms. The fourth-order valence-corrected chi connectivity index (χ4v) is 2.68. The first kappa shape index (κ1) is 18.3. The summed E-state index contributed by atoms with van der Waals surface area (Å²) in [5.41, 5.74) is 0.00545. The van der Waals surface area contributed by atoms with Gasteiger partial charge >= 0.3 is 12.1 Å². The Hall–Kier alpha value is -2.09. The number of ether oxygens (including phenoxy) is 2. The van der Waals surface area contributed by atoms with Gasteiger partial charge in [0.05, 0.1) is 12.3 Å². The summed E-state index contributed by atoms with van der Waals surface area (Å²) in [6.45, 7) is 9.39.